The van der Waals surface area contributed by atoms with Gasteiger partial charge in [-0.3, -0.25) is 9.67 Å². The molecule has 0 spiro atoms. The Morgan fingerprint density at radius 3 is 2.61 bits per heavy atom. The maximum Gasteiger partial charge on any atom is 0.167 e. The molecule has 192 valence electrons. The van der Waals surface area contributed by atoms with Crippen molar-refractivity contribution in [2.24, 2.45) is 0 Å². The number of rotatable bonds is 10. The number of pyridine rings is 1. The summed E-state index contributed by atoms with van der Waals surface area (Å²) in [6.45, 7) is 4.59. The molecule has 0 saturated heterocycles. The van der Waals surface area contributed by atoms with E-state index in [1.807, 2.05) is 64.1 Å². The van der Waals surface area contributed by atoms with Gasteiger partial charge in [-0.25, -0.2) is 4.98 Å². The molecule has 5 aromatic rings. The number of nitrogens with one attached hydrogen (secondary N) is 1. The summed E-state index contributed by atoms with van der Waals surface area (Å²) in [5.74, 6) is 7.62. The van der Waals surface area contributed by atoms with Gasteiger partial charge in [0.25, 0.3) is 0 Å². The van der Waals surface area contributed by atoms with Gasteiger partial charge in [0, 0.05) is 60.6 Å². The molecule has 0 unspecified atom stereocenters. The van der Waals surface area contributed by atoms with Crippen LogP contribution in [0.3, 0.4) is 0 Å². The Balaban J connectivity index is 1.12. The first-order valence-corrected chi connectivity index (χ1v) is 12.4. The van der Waals surface area contributed by atoms with E-state index in [4.69, 9.17) is 4.52 Å². The number of aromatic nitrogens is 7. The summed E-state index contributed by atoms with van der Waals surface area (Å²) in [6.07, 6.45) is 9.14. The molecular formula is C28H28N8O2. The van der Waals surface area contributed by atoms with Gasteiger partial charge in [-0.05, 0) is 56.3 Å². The van der Waals surface area contributed by atoms with Crippen LogP contribution in [0.5, 0.6) is 0 Å². The lowest BCUT2D eigenvalue weighted by molar-refractivity contribution is 0.184. The van der Waals surface area contributed by atoms with Gasteiger partial charge in [0.05, 0.1) is 18.4 Å². The molecule has 38 heavy (non-hydrogen) atoms. The van der Waals surface area contributed by atoms with Crippen LogP contribution in [0.25, 0.3) is 11.3 Å². The van der Waals surface area contributed by atoms with Gasteiger partial charge in [-0.1, -0.05) is 22.2 Å². The molecule has 0 amide bonds. The zero-order chi connectivity index (χ0) is 26.2. The van der Waals surface area contributed by atoms with Crippen molar-refractivity contribution in [1.29, 1.82) is 0 Å². The van der Waals surface area contributed by atoms with Crippen molar-refractivity contribution in [2.45, 2.75) is 39.1 Å². The molecule has 4 heterocycles. The Labute approximate surface area is 220 Å². The van der Waals surface area contributed by atoms with Crippen molar-refractivity contribution < 1.29 is 9.63 Å². The highest BCUT2D eigenvalue weighted by Crippen LogP contribution is 2.22. The minimum Gasteiger partial charge on any atom is -0.385 e. The molecule has 1 atom stereocenters. The van der Waals surface area contributed by atoms with Crippen LogP contribution in [0.2, 0.25) is 0 Å². The van der Waals surface area contributed by atoms with Crippen LogP contribution >= 0.6 is 0 Å². The SMILES string of the molecule is C[C@H](O)c1nccn1Cc1cc(-c2ccc(C#Cc3ccc(CNCCCn4ccnn4)nc3)cc2)on1. The second kappa shape index (κ2) is 12.1. The Morgan fingerprint density at radius 2 is 1.84 bits per heavy atom. The van der Waals surface area contributed by atoms with Gasteiger partial charge in [0.1, 0.15) is 17.6 Å². The Hall–Kier alpha value is -4.59. The van der Waals surface area contributed by atoms with Crippen molar-refractivity contribution in [3.05, 3.63) is 102 Å². The summed E-state index contributed by atoms with van der Waals surface area (Å²) in [7, 11) is 0. The Kier molecular flexibility index (Phi) is 7.98. The van der Waals surface area contributed by atoms with E-state index < -0.39 is 6.10 Å². The molecule has 0 fully saturated rings. The van der Waals surface area contributed by atoms with E-state index in [9.17, 15) is 5.11 Å². The fourth-order valence-electron chi connectivity index (χ4n) is 3.92. The molecule has 10 heteroatoms. The van der Waals surface area contributed by atoms with Crippen LogP contribution < -0.4 is 5.32 Å². The molecule has 0 radical (unpaired) electrons. The van der Waals surface area contributed by atoms with E-state index in [2.05, 4.69) is 42.6 Å². The molecule has 1 aromatic carbocycles. The van der Waals surface area contributed by atoms with E-state index >= 15 is 0 Å². The first kappa shape index (κ1) is 25.1. The van der Waals surface area contributed by atoms with Gasteiger partial charge < -0.3 is 19.5 Å². The number of nitrogens with zero attached hydrogens (tertiary/aromatic N) is 7. The average molecular weight is 509 g/mol. The predicted octanol–water partition coefficient (Wildman–Crippen LogP) is 3.21. The number of benzene rings is 1. The molecule has 10 nitrogen and oxygen atoms in total. The van der Waals surface area contributed by atoms with Crippen molar-refractivity contribution in [3.63, 3.8) is 0 Å². The lowest BCUT2D eigenvalue weighted by Crippen LogP contribution is -2.17. The number of aliphatic hydroxyl groups excluding tert-OH is 1. The van der Waals surface area contributed by atoms with E-state index in [1.165, 1.54) is 0 Å². The van der Waals surface area contributed by atoms with E-state index in [1.54, 1.807) is 25.5 Å². The fraction of sp³-hybridized carbons (Fsp3) is 0.250. The van der Waals surface area contributed by atoms with Crippen molar-refractivity contribution in [2.75, 3.05) is 6.54 Å². The van der Waals surface area contributed by atoms with Crippen LogP contribution in [0, 0.1) is 11.8 Å². The van der Waals surface area contributed by atoms with Crippen molar-refractivity contribution in [3.8, 4) is 23.2 Å². The third-order valence-corrected chi connectivity index (χ3v) is 5.88. The highest BCUT2D eigenvalue weighted by atomic mass is 16.5. The van der Waals surface area contributed by atoms with E-state index in [-0.39, 0.29) is 0 Å². The lowest BCUT2D eigenvalue weighted by Gasteiger charge is -2.07. The van der Waals surface area contributed by atoms with Crippen molar-refractivity contribution >= 4 is 0 Å². The minimum atomic E-state index is -0.650. The van der Waals surface area contributed by atoms with Gasteiger partial charge in [-0.2, -0.15) is 0 Å². The Bertz CT molecular complexity index is 1490. The smallest absolute Gasteiger partial charge is 0.167 e. The molecule has 0 aliphatic carbocycles. The van der Waals surface area contributed by atoms with Crippen LogP contribution in [0.15, 0.2) is 78.0 Å². The maximum atomic E-state index is 9.83. The number of hydrogen-bond acceptors (Lipinski definition) is 8. The molecule has 0 bridgehead atoms. The molecule has 2 N–H and O–H groups in total. The van der Waals surface area contributed by atoms with Gasteiger partial charge in [0.2, 0.25) is 0 Å². The van der Waals surface area contributed by atoms with Gasteiger partial charge in [0.15, 0.2) is 5.76 Å². The third-order valence-electron chi connectivity index (χ3n) is 5.88. The second-order valence-electron chi connectivity index (χ2n) is 8.83. The zero-order valence-electron chi connectivity index (χ0n) is 21.0. The van der Waals surface area contributed by atoms with Crippen LogP contribution in [-0.2, 0) is 19.6 Å². The summed E-state index contributed by atoms with van der Waals surface area (Å²) in [6, 6.07) is 13.7. The number of aryl methyl sites for hydroxylation is 1. The highest BCUT2D eigenvalue weighted by Gasteiger charge is 2.12. The largest absolute Gasteiger partial charge is 0.385 e. The van der Waals surface area contributed by atoms with Gasteiger partial charge >= 0.3 is 0 Å². The summed E-state index contributed by atoms with van der Waals surface area (Å²) >= 11 is 0. The van der Waals surface area contributed by atoms with Crippen LogP contribution in [0.4, 0.5) is 0 Å². The quantitative estimate of drug-likeness (QED) is 0.218. The minimum absolute atomic E-state index is 0.472. The molecule has 0 aliphatic rings. The third kappa shape index (κ3) is 6.59. The number of aliphatic hydroxyl groups is 1. The first-order chi connectivity index (χ1) is 18.6. The normalized spacial score (nSPS) is 11.7. The maximum absolute atomic E-state index is 9.83. The topological polar surface area (TPSA) is 120 Å². The summed E-state index contributed by atoms with van der Waals surface area (Å²) in [5, 5.41) is 25.1. The lowest BCUT2D eigenvalue weighted by atomic mass is 10.1. The van der Waals surface area contributed by atoms with Crippen LogP contribution in [0.1, 0.15) is 47.8 Å². The first-order valence-electron chi connectivity index (χ1n) is 12.4. The molecule has 5 rings (SSSR count). The monoisotopic (exact) mass is 508 g/mol. The summed E-state index contributed by atoms with van der Waals surface area (Å²) < 4.78 is 9.21. The fourth-order valence-corrected chi connectivity index (χ4v) is 3.92. The van der Waals surface area contributed by atoms with Crippen LogP contribution in [-0.4, -0.2) is 46.3 Å². The average Bonchev–Trinajstić information content (AvgIpc) is 3.71. The molecule has 0 saturated carbocycles. The highest BCUT2D eigenvalue weighted by molar-refractivity contribution is 5.59. The number of hydrogen-bond donors (Lipinski definition) is 2. The second-order valence-corrected chi connectivity index (χ2v) is 8.83. The van der Waals surface area contributed by atoms with E-state index in [0.29, 0.717) is 24.7 Å². The summed E-state index contributed by atoms with van der Waals surface area (Å²) in [4.78, 5) is 8.69. The molecule has 0 aliphatic heterocycles. The number of imidazole rings is 1. The summed E-state index contributed by atoms with van der Waals surface area (Å²) in [5.41, 5.74) is 4.39. The van der Waals surface area contributed by atoms with Crippen molar-refractivity contribution in [1.82, 2.24) is 40.0 Å². The molecular weight excluding hydrogens is 480 g/mol. The predicted molar refractivity (Wildman–Crippen MR) is 140 cm³/mol. The van der Waals surface area contributed by atoms with E-state index in [0.717, 1.165) is 47.6 Å². The Morgan fingerprint density at radius 1 is 1.00 bits per heavy atom. The molecule has 4 aromatic heterocycles. The standard InChI is InChI=1S/C28H28N8O2/c1-21(37)28-30-12-15-35(28)20-26-17-27(38-33-26)24-8-5-22(6-9-24)3-4-23-7-10-25(31-18-23)19-29-11-2-14-36-16-13-32-34-36/h5-10,12-13,15-18,21,29,37H,2,11,14,19-20H2,1H3/t21-/m0/s1. The van der Waals surface area contributed by atoms with Gasteiger partial charge in [-0.15, -0.1) is 5.10 Å². The zero-order valence-corrected chi connectivity index (χ0v) is 21.0.